The summed E-state index contributed by atoms with van der Waals surface area (Å²) in [7, 11) is 0. The average Bonchev–Trinajstić information content (AvgIpc) is 2.58. The zero-order valence-corrected chi connectivity index (χ0v) is 12.8. The van der Waals surface area contributed by atoms with Gasteiger partial charge >= 0.3 is 0 Å². The molecule has 0 spiro atoms. The van der Waals surface area contributed by atoms with Gasteiger partial charge in [0.15, 0.2) is 0 Å². The maximum Gasteiger partial charge on any atom is 0.223 e. The van der Waals surface area contributed by atoms with Gasteiger partial charge in [0.05, 0.1) is 0 Å². The van der Waals surface area contributed by atoms with Crippen molar-refractivity contribution < 1.29 is 9.59 Å². The van der Waals surface area contributed by atoms with E-state index in [1.807, 2.05) is 37.3 Å². The lowest BCUT2D eigenvalue weighted by Gasteiger charge is -2.12. The van der Waals surface area contributed by atoms with Crippen LogP contribution in [0, 0.1) is 5.92 Å². The van der Waals surface area contributed by atoms with Crippen LogP contribution >= 0.6 is 0 Å². The van der Waals surface area contributed by atoms with Gasteiger partial charge in [0.1, 0.15) is 6.29 Å². The first-order valence-electron chi connectivity index (χ1n) is 7.55. The number of carbonyl (C=O) groups excluding carboxylic acids is 2. The smallest absolute Gasteiger partial charge is 0.223 e. The van der Waals surface area contributed by atoms with Gasteiger partial charge in [0.2, 0.25) is 5.91 Å². The number of aryl methyl sites for hydroxylation is 1. The molecule has 0 aliphatic heterocycles. The first-order chi connectivity index (χ1) is 10.7. The van der Waals surface area contributed by atoms with E-state index in [9.17, 15) is 9.59 Å². The summed E-state index contributed by atoms with van der Waals surface area (Å²) >= 11 is 0. The summed E-state index contributed by atoms with van der Waals surface area (Å²) in [5.74, 6) is 0.0462. The number of nitrogens with one attached hydrogen (secondary N) is 1. The van der Waals surface area contributed by atoms with E-state index in [4.69, 9.17) is 0 Å². The molecule has 1 atom stereocenters. The van der Waals surface area contributed by atoms with E-state index in [0.29, 0.717) is 12.1 Å². The minimum atomic E-state index is -0.0190. The van der Waals surface area contributed by atoms with E-state index < -0.39 is 0 Å². The van der Waals surface area contributed by atoms with Gasteiger partial charge < -0.3 is 5.32 Å². The summed E-state index contributed by atoms with van der Waals surface area (Å²) in [6, 6.07) is 17.4. The first-order valence-corrected chi connectivity index (χ1v) is 7.55. The van der Waals surface area contributed by atoms with Crippen LogP contribution in [0.2, 0.25) is 0 Å². The van der Waals surface area contributed by atoms with Gasteiger partial charge in [-0.25, -0.2) is 0 Å². The minimum Gasteiger partial charge on any atom is -0.352 e. The molecule has 3 nitrogen and oxygen atoms in total. The Balaban J connectivity index is 1.77. The molecule has 22 heavy (non-hydrogen) atoms. The number of carbonyl (C=O) groups is 2. The largest absolute Gasteiger partial charge is 0.352 e. The van der Waals surface area contributed by atoms with E-state index in [0.717, 1.165) is 24.7 Å². The zero-order chi connectivity index (χ0) is 15.8. The molecule has 1 amide bonds. The molecule has 0 heterocycles. The van der Waals surface area contributed by atoms with Gasteiger partial charge in [-0.15, -0.1) is 0 Å². The summed E-state index contributed by atoms with van der Waals surface area (Å²) < 4.78 is 0. The molecular weight excluding hydrogens is 274 g/mol. The van der Waals surface area contributed by atoms with E-state index in [-0.39, 0.29) is 11.8 Å². The van der Waals surface area contributed by atoms with Crippen LogP contribution in [0.4, 0.5) is 0 Å². The molecule has 1 N–H and O–H groups in total. The van der Waals surface area contributed by atoms with E-state index >= 15 is 0 Å². The van der Waals surface area contributed by atoms with Crippen molar-refractivity contribution in [2.24, 2.45) is 5.92 Å². The normalized spacial score (nSPS) is 11.7. The second kappa shape index (κ2) is 8.13. The highest BCUT2D eigenvalue weighted by atomic mass is 16.1. The van der Waals surface area contributed by atoms with Gasteiger partial charge in [-0.2, -0.15) is 0 Å². The van der Waals surface area contributed by atoms with E-state index in [1.54, 1.807) is 12.1 Å². The number of rotatable bonds is 7. The molecule has 0 saturated carbocycles. The van der Waals surface area contributed by atoms with Crippen LogP contribution in [0.3, 0.4) is 0 Å². The monoisotopic (exact) mass is 295 g/mol. The lowest BCUT2D eigenvalue weighted by atomic mass is 10.0. The minimum absolute atomic E-state index is 0.0190. The van der Waals surface area contributed by atoms with Crippen molar-refractivity contribution in [3.8, 4) is 0 Å². The molecule has 0 aliphatic carbocycles. The van der Waals surface area contributed by atoms with Crippen molar-refractivity contribution >= 4 is 12.2 Å². The average molecular weight is 295 g/mol. The van der Waals surface area contributed by atoms with Crippen molar-refractivity contribution in [3.63, 3.8) is 0 Å². The van der Waals surface area contributed by atoms with Crippen molar-refractivity contribution in [3.05, 3.63) is 71.3 Å². The quantitative estimate of drug-likeness (QED) is 0.796. The number of aldehydes is 1. The molecule has 1 unspecified atom stereocenters. The fourth-order valence-corrected chi connectivity index (χ4v) is 2.24. The molecule has 2 aromatic carbocycles. The Morgan fingerprint density at radius 2 is 1.73 bits per heavy atom. The third-order valence-electron chi connectivity index (χ3n) is 3.74. The number of hydrogen-bond donors (Lipinski definition) is 1. The third kappa shape index (κ3) is 4.85. The summed E-state index contributed by atoms with van der Waals surface area (Å²) in [5.41, 5.74) is 2.90. The summed E-state index contributed by atoms with van der Waals surface area (Å²) in [4.78, 5) is 22.7. The Bertz CT molecular complexity index is 605. The summed E-state index contributed by atoms with van der Waals surface area (Å²) in [5, 5.41) is 2.95. The van der Waals surface area contributed by atoms with E-state index in [2.05, 4.69) is 17.4 Å². The van der Waals surface area contributed by atoms with Crippen LogP contribution in [0.15, 0.2) is 54.6 Å². The molecule has 2 rings (SSSR count). The molecule has 0 fully saturated rings. The second-order valence-corrected chi connectivity index (χ2v) is 5.50. The Kier molecular flexibility index (Phi) is 5.90. The molecule has 0 aromatic heterocycles. The predicted molar refractivity (Wildman–Crippen MR) is 87.6 cm³/mol. The zero-order valence-electron chi connectivity index (χ0n) is 12.8. The third-order valence-corrected chi connectivity index (χ3v) is 3.74. The van der Waals surface area contributed by atoms with Crippen LogP contribution in [0.25, 0.3) is 0 Å². The van der Waals surface area contributed by atoms with Gasteiger partial charge in [-0.3, -0.25) is 9.59 Å². The Morgan fingerprint density at radius 1 is 1.05 bits per heavy atom. The van der Waals surface area contributed by atoms with E-state index in [1.165, 1.54) is 5.56 Å². The Morgan fingerprint density at radius 3 is 2.36 bits per heavy atom. The van der Waals surface area contributed by atoms with Crippen molar-refractivity contribution in [2.45, 2.75) is 26.3 Å². The molecule has 0 radical (unpaired) electrons. The van der Waals surface area contributed by atoms with Gasteiger partial charge in [-0.1, -0.05) is 61.5 Å². The highest BCUT2D eigenvalue weighted by Gasteiger charge is 2.12. The summed E-state index contributed by atoms with van der Waals surface area (Å²) in [6.07, 6.45) is 2.55. The molecule has 3 heteroatoms. The van der Waals surface area contributed by atoms with Crippen molar-refractivity contribution in [1.29, 1.82) is 0 Å². The molecule has 2 aromatic rings. The maximum atomic E-state index is 12.1. The topological polar surface area (TPSA) is 46.2 Å². The SMILES string of the molecule is CC(CCc1ccccc1)C(=O)NCc1ccc(C=O)cc1. The Labute approximate surface area is 131 Å². The highest BCUT2D eigenvalue weighted by molar-refractivity contribution is 5.78. The van der Waals surface area contributed by atoms with Gasteiger partial charge in [0.25, 0.3) is 0 Å². The van der Waals surface area contributed by atoms with Crippen LogP contribution < -0.4 is 5.32 Å². The van der Waals surface area contributed by atoms with Crippen LogP contribution in [0.1, 0.15) is 34.8 Å². The number of hydrogen-bond acceptors (Lipinski definition) is 2. The van der Waals surface area contributed by atoms with Crippen molar-refractivity contribution in [1.82, 2.24) is 5.32 Å². The number of amides is 1. The van der Waals surface area contributed by atoms with Crippen LogP contribution in [0.5, 0.6) is 0 Å². The molecular formula is C19H21NO2. The van der Waals surface area contributed by atoms with Gasteiger partial charge in [0, 0.05) is 18.0 Å². The Hall–Kier alpha value is -2.42. The first kappa shape index (κ1) is 16.0. The standard InChI is InChI=1S/C19H21NO2/c1-15(7-8-16-5-3-2-4-6-16)19(22)20-13-17-9-11-18(14-21)12-10-17/h2-6,9-12,14-15H,7-8,13H2,1H3,(H,20,22). The van der Waals surface area contributed by atoms with Crippen LogP contribution in [-0.2, 0) is 17.8 Å². The second-order valence-electron chi connectivity index (χ2n) is 5.50. The highest BCUT2D eigenvalue weighted by Crippen LogP contribution is 2.10. The molecule has 114 valence electrons. The lowest BCUT2D eigenvalue weighted by molar-refractivity contribution is -0.124. The lowest BCUT2D eigenvalue weighted by Crippen LogP contribution is -2.29. The predicted octanol–water partition coefficient (Wildman–Crippen LogP) is 3.38. The van der Waals surface area contributed by atoms with Gasteiger partial charge in [-0.05, 0) is 24.0 Å². The molecule has 0 saturated heterocycles. The van der Waals surface area contributed by atoms with Crippen LogP contribution in [-0.4, -0.2) is 12.2 Å². The molecule has 0 aliphatic rings. The molecule has 0 bridgehead atoms. The summed E-state index contributed by atoms with van der Waals surface area (Å²) in [6.45, 7) is 2.45. The van der Waals surface area contributed by atoms with Crippen molar-refractivity contribution in [2.75, 3.05) is 0 Å². The number of benzene rings is 2. The fraction of sp³-hybridized carbons (Fsp3) is 0.263. The fourth-order valence-electron chi connectivity index (χ4n) is 2.24. The maximum absolute atomic E-state index is 12.1.